The van der Waals surface area contributed by atoms with Crippen LogP contribution in [0, 0.1) is 18.8 Å². The van der Waals surface area contributed by atoms with Gasteiger partial charge < -0.3 is 9.64 Å². The highest BCUT2D eigenvalue weighted by molar-refractivity contribution is 7.91. The number of thiophene rings is 1. The maximum Gasteiger partial charge on any atom is 0.252 e. The van der Waals surface area contributed by atoms with Crippen molar-refractivity contribution in [3.8, 4) is 0 Å². The SMILES string of the molecule is COCCN(CC(C)C)C(=O)C1CCCN(S(=O)(=O)c2ccc(C)s2)C1. The fourth-order valence-electron chi connectivity index (χ4n) is 3.23. The number of methoxy groups -OCH3 is 1. The molecule has 2 rings (SSSR count). The topological polar surface area (TPSA) is 66.9 Å². The van der Waals surface area contributed by atoms with E-state index in [0.717, 1.165) is 11.3 Å². The van der Waals surface area contributed by atoms with Gasteiger partial charge in [-0.15, -0.1) is 11.3 Å². The van der Waals surface area contributed by atoms with Crippen LogP contribution in [0.1, 0.15) is 31.6 Å². The fourth-order valence-corrected chi connectivity index (χ4v) is 6.19. The van der Waals surface area contributed by atoms with Crippen LogP contribution in [-0.4, -0.2) is 63.4 Å². The molecule has 0 aromatic carbocycles. The van der Waals surface area contributed by atoms with E-state index in [1.54, 1.807) is 13.2 Å². The lowest BCUT2D eigenvalue weighted by atomic mass is 9.97. The first-order chi connectivity index (χ1) is 12.3. The lowest BCUT2D eigenvalue weighted by Crippen LogP contribution is -2.48. The Kier molecular flexibility index (Phi) is 7.63. The molecule has 2 heterocycles. The number of amides is 1. The van der Waals surface area contributed by atoms with Gasteiger partial charge in [0.1, 0.15) is 4.21 Å². The number of aryl methyl sites for hydroxylation is 1. The molecule has 1 atom stereocenters. The number of rotatable bonds is 8. The van der Waals surface area contributed by atoms with Crippen LogP contribution < -0.4 is 0 Å². The molecule has 1 aliphatic heterocycles. The second-order valence-electron chi connectivity index (χ2n) is 7.24. The first-order valence-corrected chi connectivity index (χ1v) is 11.4. The molecule has 0 radical (unpaired) electrons. The molecule has 1 aromatic heterocycles. The Morgan fingerprint density at radius 2 is 2.15 bits per heavy atom. The summed E-state index contributed by atoms with van der Waals surface area (Å²) in [5, 5.41) is 0. The lowest BCUT2D eigenvalue weighted by Gasteiger charge is -2.34. The summed E-state index contributed by atoms with van der Waals surface area (Å²) in [6.45, 7) is 8.47. The molecule has 148 valence electrons. The standard InChI is InChI=1S/C18H30N2O4S2/c1-14(2)12-19(10-11-24-4)18(21)16-6-5-9-20(13-16)26(22,23)17-8-7-15(3)25-17/h7-8,14,16H,5-6,9-13H2,1-4H3. The van der Waals surface area contributed by atoms with E-state index in [1.165, 1.54) is 15.6 Å². The quantitative estimate of drug-likeness (QED) is 0.670. The maximum absolute atomic E-state index is 13.0. The van der Waals surface area contributed by atoms with Crippen LogP contribution in [0.15, 0.2) is 16.3 Å². The van der Waals surface area contributed by atoms with Crippen molar-refractivity contribution in [1.29, 1.82) is 0 Å². The van der Waals surface area contributed by atoms with E-state index in [0.29, 0.717) is 42.8 Å². The van der Waals surface area contributed by atoms with Crippen LogP contribution in [-0.2, 0) is 19.6 Å². The summed E-state index contributed by atoms with van der Waals surface area (Å²) in [5.41, 5.74) is 0. The number of piperidine rings is 1. The van der Waals surface area contributed by atoms with E-state index < -0.39 is 10.0 Å². The predicted octanol–water partition coefficient (Wildman–Crippen LogP) is 2.59. The maximum atomic E-state index is 13.0. The fraction of sp³-hybridized carbons (Fsp3) is 0.722. The van der Waals surface area contributed by atoms with Gasteiger partial charge >= 0.3 is 0 Å². The van der Waals surface area contributed by atoms with Gasteiger partial charge in [-0.25, -0.2) is 8.42 Å². The Hall–Kier alpha value is -0.960. The Labute approximate surface area is 161 Å². The lowest BCUT2D eigenvalue weighted by molar-refractivity contribution is -0.137. The van der Waals surface area contributed by atoms with Gasteiger partial charge in [0.2, 0.25) is 5.91 Å². The molecule has 1 unspecified atom stereocenters. The zero-order valence-corrected chi connectivity index (χ0v) is 17.7. The summed E-state index contributed by atoms with van der Waals surface area (Å²) in [6, 6.07) is 3.48. The molecule has 0 aliphatic carbocycles. The summed E-state index contributed by atoms with van der Waals surface area (Å²) in [5.74, 6) is 0.113. The van der Waals surface area contributed by atoms with E-state index in [2.05, 4.69) is 13.8 Å². The van der Waals surface area contributed by atoms with E-state index >= 15 is 0 Å². The third kappa shape index (κ3) is 5.28. The van der Waals surface area contributed by atoms with Gasteiger partial charge in [-0.1, -0.05) is 13.8 Å². The first kappa shape index (κ1) is 21.3. The molecule has 0 saturated carbocycles. The molecule has 0 spiro atoms. The number of nitrogens with zero attached hydrogens (tertiary/aromatic N) is 2. The van der Waals surface area contributed by atoms with Crippen molar-refractivity contribution in [1.82, 2.24) is 9.21 Å². The number of carbonyl (C=O) groups excluding carboxylic acids is 1. The second-order valence-corrected chi connectivity index (χ2v) is 10.7. The monoisotopic (exact) mass is 402 g/mol. The largest absolute Gasteiger partial charge is 0.383 e. The Morgan fingerprint density at radius 1 is 1.42 bits per heavy atom. The van der Waals surface area contributed by atoms with Crippen LogP contribution >= 0.6 is 11.3 Å². The molecule has 1 aliphatic rings. The van der Waals surface area contributed by atoms with Crippen LogP contribution in [0.2, 0.25) is 0 Å². The van der Waals surface area contributed by atoms with Gasteiger partial charge in [0.25, 0.3) is 10.0 Å². The molecular weight excluding hydrogens is 372 g/mol. The molecule has 1 fully saturated rings. The minimum atomic E-state index is -3.52. The van der Waals surface area contributed by atoms with Crippen molar-refractivity contribution in [3.05, 3.63) is 17.0 Å². The minimum absolute atomic E-state index is 0.0398. The predicted molar refractivity (Wildman–Crippen MR) is 104 cm³/mol. The van der Waals surface area contributed by atoms with Crippen molar-refractivity contribution in [2.24, 2.45) is 11.8 Å². The van der Waals surface area contributed by atoms with Crippen LogP contribution in [0.3, 0.4) is 0 Å². The van der Waals surface area contributed by atoms with Crippen molar-refractivity contribution >= 4 is 27.3 Å². The highest BCUT2D eigenvalue weighted by Gasteiger charge is 2.35. The van der Waals surface area contributed by atoms with Gasteiger partial charge in [0.15, 0.2) is 0 Å². The summed E-state index contributed by atoms with van der Waals surface area (Å²) in [4.78, 5) is 15.8. The van der Waals surface area contributed by atoms with Crippen LogP contribution in [0.5, 0.6) is 0 Å². The van der Waals surface area contributed by atoms with Gasteiger partial charge in [-0.2, -0.15) is 4.31 Å². The zero-order chi connectivity index (χ0) is 19.3. The van der Waals surface area contributed by atoms with E-state index in [4.69, 9.17) is 4.74 Å². The molecule has 6 nitrogen and oxygen atoms in total. The normalized spacial score (nSPS) is 19.0. The molecule has 0 N–H and O–H groups in total. The number of hydrogen-bond acceptors (Lipinski definition) is 5. The highest BCUT2D eigenvalue weighted by Crippen LogP contribution is 2.29. The molecule has 1 aromatic rings. The van der Waals surface area contributed by atoms with Crippen LogP contribution in [0.25, 0.3) is 0 Å². The van der Waals surface area contributed by atoms with Crippen molar-refractivity contribution < 1.29 is 17.9 Å². The van der Waals surface area contributed by atoms with E-state index in [9.17, 15) is 13.2 Å². The van der Waals surface area contributed by atoms with Crippen molar-refractivity contribution in [2.75, 3.05) is 39.9 Å². The summed E-state index contributed by atoms with van der Waals surface area (Å²) in [6.07, 6.45) is 1.44. The van der Waals surface area contributed by atoms with Gasteiger partial charge in [0, 0.05) is 38.2 Å². The molecule has 1 amide bonds. The van der Waals surface area contributed by atoms with Gasteiger partial charge in [0.05, 0.1) is 12.5 Å². The minimum Gasteiger partial charge on any atom is -0.383 e. The molecular formula is C18H30N2O4S2. The first-order valence-electron chi connectivity index (χ1n) is 9.10. The Bertz CT molecular complexity index is 700. The molecule has 0 bridgehead atoms. The third-order valence-electron chi connectivity index (χ3n) is 4.51. The Balaban J connectivity index is 2.11. The summed E-state index contributed by atoms with van der Waals surface area (Å²) < 4.78 is 32.7. The van der Waals surface area contributed by atoms with E-state index in [-0.39, 0.29) is 18.4 Å². The van der Waals surface area contributed by atoms with Crippen molar-refractivity contribution in [3.63, 3.8) is 0 Å². The molecule has 8 heteroatoms. The van der Waals surface area contributed by atoms with Gasteiger partial charge in [-0.05, 0) is 37.8 Å². The third-order valence-corrected chi connectivity index (χ3v) is 7.84. The van der Waals surface area contributed by atoms with E-state index in [1.807, 2.05) is 17.9 Å². The molecule has 1 saturated heterocycles. The number of carbonyl (C=O) groups is 1. The second kappa shape index (κ2) is 9.30. The number of sulfonamides is 1. The summed E-state index contributed by atoms with van der Waals surface area (Å²) >= 11 is 1.28. The number of ether oxygens (including phenoxy) is 1. The summed E-state index contributed by atoms with van der Waals surface area (Å²) in [7, 11) is -1.90. The highest BCUT2D eigenvalue weighted by atomic mass is 32.2. The average molecular weight is 403 g/mol. The molecule has 26 heavy (non-hydrogen) atoms. The van der Waals surface area contributed by atoms with Crippen LogP contribution in [0.4, 0.5) is 0 Å². The number of hydrogen-bond donors (Lipinski definition) is 0. The Morgan fingerprint density at radius 3 is 2.73 bits per heavy atom. The zero-order valence-electron chi connectivity index (χ0n) is 16.1. The smallest absolute Gasteiger partial charge is 0.252 e. The average Bonchev–Trinajstić information content (AvgIpc) is 3.05. The van der Waals surface area contributed by atoms with Gasteiger partial charge in [-0.3, -0.25) is 4.79 Å². The van der Waals surface area contributed by atoms with Crippen molar-refractivity contribution in [2.45, 2.75) is 37.8 Å².